The smallest absolute Gasteiger partial charge is 0.269 e. The number of ether oxygens (including phenoxy) is 1. The number of nitrogens with zero attached hydrogens (tertiary/aromatic N) is 1. The molecule has 10 nitrogen and oxygen atoms in total. The predicted octanol–water partition coefficient (Wildman–Crippen LogP) is 4.32. The molecule has 36 heavy (non-hydrogen) atoms. The van der Waals surface area contributed by atoms with Crippen LogP contribution >= 0.6 is 12.2 Å². The molecule has 0 saturated heterocycles. The zero-order chi connectivity index (χ0) is 26.1. The van der Waals surface area contributed by atoms with E-state index < -0.39 is 20.9 Å². The van der Waals surface area contributed by atoms with Gasteiger partial charge in [-0.3, -0.25) is 24.9 Å². The molecule has 0 aliphatic carbocycles. The van der Waals surface area contributed by atoms with Crippen LogP contribution < -0.4 is 20.1 Å². The normalized spacial score (nSPS) is 11.0. The molecule has 0 unspecified atom stereocenters. The zero-order valence-electron chi connectivity index (χ0n) is 19.0. The van der Waals surface area contributed by atoms with Crippen molar-refractivity contribution in [1.29, 1.82) is 0 Å². The van der Waals surface area contributed by atoms with Gasteiger partial charge in [-0.1, -0.05) is 0 Å². The summed E-state index contributed by atoms with van der Waals surface area (Å²) in [5.74, 6) is 0.130. The molecule has 0 aromatic heterocycles. The molecule has 0 saturated carbocycles. The van der Waals surface area contributed by atoms with Gasteiger partial charge in [0.25, 0.3) is 15.7 Å². The summed E-state index contributed by atoms with van der Waals surface area (Å²) in [5.41, 5.74) is 1.42. The van der Waals surface area contributed by atoms with Crippen LogP contribution in [-0.4, -0.2) is 31.0 Å². The quantitative estimate of drug-likeness (QED) is 0.162. The van der Waals surface area contributed by atoms with Crippen molar-refractivity contribution >= 4 is 56.4 Å². The minimum atomic E-state index is -3.81. The fourth-order valence-corrected chi connectivity index (χ4v) is 4.19. The molecule has 0 fully saturated rings. The van der Waals surface area contributed by atoms with Gasteiger partial charge < -0.3 is 10.1 Å². The van der Waals surface area contributed by atoms with Crippen molar-refractivity contribution in [3.8, 4) is 5.75 Å². The standard InChI is InChI=1S/C24H22N4O6S2/c1-2-34-21-12-6-19(7-13-21)27-36(32,33)22-14-8-18(9-15-22)25-24(35)26-23(29)16-5-17-3-10-20(11-4-17)28(30)31/h3-16,27H,2H2,1H3,(H2,25,26,29,35)/b16-5+. The summed E-state index contributed by atoms with van der Waals surface area (Å²) >= 11 is 5.12. The molecule has 3 aromatic rings. The van der Waals surface area contributed by atoms with Crippen LogP contribution in [0.25, 0.3) is 6.08 Å². The van der Waals surface area contributed by atoms with Crippen LogP contribution in [0.4, 0.5) is 17.1 Å². The number of thiocarbonyl (C=S) groups is 1. The number of hydrogen-bond donors (Lipinski definition) is 3. The largest absolute Gasteiger partial charge is 0.494 e. The van der Waals surface area contributed by atoms with E-state index in [0.717, 1.165) is 0 Å². The van der Waals surface area contributed by atoms with Crippen molar-refractivity contribution in [3.63, 3.8) is 0 Å². The van der Waals surface area contributed by atoms with Gasteiger partial charge in [0.05, 0.1) is 16.4 Å². The lowest BCUT2D eigenvalue weighted by atomic mass is 10.2. The maximum atomic E-state index is 12.6. The van der Waals surface area contributed by atoms with Gasteiger partial charge in [0, 0.05) is 29.6 Å². The second kappa shape index (κ2) is 11.9. The van der Waals surface area contributed by atoms with Crippen molar-refractivity contribution in [1.82, 2.24) is 5.32 Å². The number of carbonyl (C=O) groups is 1. The summed E-state index contributed by atoms with van der Waals surface area (Å²) < 4.78 is 33.1. The first-order valence-corrected chi connectivity index (χ1v) is 12.5. The summed E-state index contributed by atoms with van der Waals surface area (Å²) in [6.07, 6.45) is 2.72. The third-order valence-electron chi connectivity index (χ3n) is 4.61. The van der Waals surface area contributed by atoms with E-state index in [1.807, 2.05) is 6.92 Å². The van der Waals surface area contributed by atoms with Gasteiger partial charge >= 0.3 is 0 Å². The number of rotatable bonds is 9. The highest BCUT2D eigenvalue weighted by Gasteiger charge is 2.14. The van der Waals surface area contributed by atoms with Crippen molar-refractivity contribution in [2.75, 3.05) is 16.6 Å². The fourth-order valence-electron chi connectivity index (χ4n) is 2.91. The van der Waals surface area contributed by atoms with E-state index in [1.165, 1.54) is 60.7 Å². The molecule has 3 aromatic carbocycles. The third kappa shape index (κ3) is 7.61. The van der Waals surface area contributed by atoms with Crippen LogP contribution in [0.2, 0.25) is 0 Å². The first-order valence-electron chi connectivity index (χ1n) is 10.6. The molecule has 3 N–H and O–H groups in total. The summed E-state index contributed by atoms with van der Waals surface area (Å²) in [6, 6.07) is 18.1. The van der Waals surface area contributed by atoms with Crippen molar-refractivity contribution < 1.29 is 22.9 Å². The Morgan fingerprint density at radius 3 is 2.19 bits per heavy atom. The number of sulfonamides is 1. The number of amides is 1. The summed E-state index contributed by atoms with van der Waals surface area (Å²) in [7, 11) is -3.81. The van der Waals surface area contributed by atoms with E-state index in [2.05, 4.69) is 15.4 Å². The minimum absolute atomic E-state index is 0.0106. The lowest BCUT2D eigenvalue weighted by molar-refractivity contribution is -0.384. The molecule has 0 atom stereocenters. The maximum absolute atomic E-state index is 12.6. The number of benzene rings is 3. The van der Waals surface area contributed by atoms with Gasteiger partial charge in [-0.15, -0.1) is 0 Å². The average molecular weight is 527 g/mol. The van der Waals surface area contributed by atoms with Gasteiger partial charge in [0.1, 0.15) is 5.75 Å². The highest BCUT2D eigenvalue weighted by Crippen LogP contribution is 2.21. The van der Waals surface area contributed by atoms with Crippen LogP contribution in [0.5, 0.6) is 5.75 Å². The van der Waals surface area contributed by atoms with E-state index in [-0.39, 0.29) is 15.7 Å². The van der Waals surface area contributed by atoms with E-state index in [1.54, 1.807) is 24.3 Å². The van der Waals surface area contributed by atoms with Crippen molar-refractivity contribution in [3.05, 3.63) is 94.6 Å². The van der Waals surface area contributed by atoms with E-state index in [0.29, 0.717) is 29.3 Å². The molecule has 0 spiro atoms. The molecule has 12 heteroatoms. The average Bonchev–Trinajstić information content (AvgIpc) is 2.84. The molecule has 0 heterocycles. The van der Waals surface area contributed by atoms with Crippen LogP contribution in [0.15, 0.2) is 83.8 Å². The van der Waals surface area contributed by atoms with Gasteiger partial charge in [0.15, 0.2) is 5.11 Å². The highest BCUT2D eigenvalue weighted by molar-refractivity contribution is 7.92. The molecule has 0 aliphatic rings. The van der Waals surface area contributed by atoms with Crippen LogP contribution in [0.1, 0.15) is 12.5 Å². The Hall–Kier alpha value is -4.29. The molecule has 1 amide bonds. The SMILES string of the molecule is CCOc1ccc(NS(=O)(=O)c2ccc(NC(=S)NC(=O)/C=C/c3ccc([N+](=O)[O-])cc3)cc2)cc1. The number of non-ortho nitro benzene ring substituents is 1. The van der Waals surface area contributed by atoms with E-state index in [9.17, 15) is 23.3 Å². The fraction of sp³-hybridized carbons (Fsp3) is 0.0833. The molecule has 186 valence electrons. The van der Waals surface area contributed by atoms with Gasteiger partial charge in [-0.25, -0.2) is 8.42 Å². The zero-order valence-corrected chi connectivity index (χ0v) is 20.6. The van der Waals surface area contributed by atoms with Crippen LogP contribution in [-0.2, 0) is 14.8 Å². The highest BCUT2D eigenvalue weighted by atomic mass is 32.2. The Bertz CT molecular complexity index is 1370. The van der Waals surface area contributed by atoms with Gasteiger partial charge in [-0.05, 0) is 91.4 Å². The van der Waals surface area contributed by atoms with Gasteiger partial charge in [0.2, 0.25) is 5.91 Å². The Labute approximate surface area is 213 Å². The van der Waals surface area contributed by atoms with E-state index >= 15 is 0 Å². The minimum Gasteiger partial charge on any atom is -0.494 e. The monoisotopic (exact) mass is 526 g/mol. The molecule has 0 bridgehead atoms. The van der Waals surface area contributed by atoms with Crippen LogP contribution in [0, 0.1) is 10.1 Å². The van der Waals surface area contributed by atoms with Gasteiger partial charge in [-0.2, -0.15) is 0 Å². The van der Waals surface area contributed by atoms with Crippen molar-refractivity contribution in [2.45, 2.75) is 11.8 Å². The Kier molecular flexibility index (Phi) is 8.71. The second-order valence-electron chi connectivity index (χ2n) is 7.21. The molecule has 0 radical (unpaired) electrons. The summed E-state index contributed by atoms with van der Waals surface area (Å²) in [6.45, 7) is 2.37. The molecule has 3 rings (SSSR count). The predicted molar refractivity (Wildman–Crippen MR) is 141 cm³/mol. The lowest BCUT2D eigenvalue weighted by Gasteiger charge is -2.11. The van der Waals surface area contributed by atoms with Crippen LogP contribution in [0.3, 0.4) is 0 Å². The first kappa shape index (κ1) is 26.3. The number of carbonyl (C=O) groups excluding carboxylic acids is 1. The third-order valence-corrected chi connectivity index (χ3v) is 6.21. The summed E-state index contributed by atoms with van der Waals surface area (Å²) in [5, 5.41) is 16.0. The topological polar surface area (TPSA) is 140 Å². The Morgan fingerprint density at radius 2 is 1.61 bits per heavy atom. The van der Waals surface area contributed by atoms with E-state index in [4.69, 9.17) is 17.0 Å². The first-order chi connectivity index (χ1) is 17.2. The number of anilines is 2. The number of nitro groups is 1. The Balaban J connectivity index is 1.54. The number of nitrogens with one attached hydrogen (secondary N) is 3. The maximum Gasteiger partial charge on any atom is 0.269 e. The molecular formula is C24H22N4O6S2. The summed E-state index contributed by atoms with van der Waals surface area (Å²) in [4.78, 5) is 22.3. The number of hydrogen-bond acceptors (Lipinski definition) is 7. The lowest BCUT2D eigenvalue weighted by Crippen LogP contribution is -2.32. The molecule has 0 aliphatic heterocycles. The Morgan fingerprint density at radius 1 is 1.00 bits per heavy atom. The number of nitro benzene ring substituents is 1. The van der Waals surface area contributed by atoms with Crippen molar-refractivity contribution in [2.24, 2.45) is 0 Å². The second-order valence-corrected chi connectivity index (χ2v) is 9.30. The molecular weight excluding hydrogens is 504 g/mol.